The molecule has 2 aromatic rings. The summed E-state index contributed by atoms with van der Waals surface area (Å²) in [6.07, 6.45) is 0. The van der Waals surface area contributed by atoms with Gasteiger partial charge in [-0.05, 0) is 26.0 Å². The van der Waals surface area contributed by atoms with Gasteiger partial charge in [0.1, 0.15) is 4.21 Å². The molecule has 0 amide bonds. The standard InChI is InChI=1S/C15H23N5O2S3/c1-10-13(23-11(2)19-10)9-18-15(16-3)17-8-12-6-7-14(24-12)25(21,22)20(4)5/h6-7H,8-9H2,1-5H3,(H2,16,17,18). The minimum Gasteiger partial charge on any atom is -0.352 e. The van der Waals surface area contributed by atoms with Gasteiger partial charge in [-0.1, -0.05) is 0 Å². The smallest absolute Gasteiger partial charge is 0.252 e. The van der Waals surface area contributed by atoms with E-state index < -0.39 is 10.0 Å². The fourth-order valence-corrected chi connectivity index (χ4v) is 5.41. The lowest BCUT2D eigenvalue weighted by Crippen LogP contribution is -2.36. The van der Waals surface area contributed by atoms with Crippen molar-refractivity contribution in [3.05, 3.63) is 32.6 Å². The van der Waals surface area contributed by atoms with Gasteiger partial charge in [-0.3, -0.25) is 4.99 Å². The molecule has 0 aliphatic rings. The number of guanidine groups is 1. The molecule has 2 aromatic heterocycles. The second-order valence-electron chi connectivity index (χ2n) is 5.53. The van der Waals surface area contributed by atoms with Crippen LogP contribution in [0.15, 0.2) is 21.3 Å². The van der Waals surface area contributed by atoms with Crippen molar-refractivity contribution in [1.82, 2.24) is 19.9 Å². The van der Waals surface area contributed by atoms with Crippen molar-refractivity contribution in [1.29, 1.82) is 0 Å². The molecule has 0 aliphatic carbocycles. The molecule has 2 heterocycles. The first-order chi connectivity index (χ1) is 11.7. The Labute approximate surface area is 156 Å². The molecule has 10 heteroatoms. The number of aliphatic imine (C=N–C) groups is 1. The molecule has 0 saturated carbocycles. The van der Waals surface area contributed by atoms with Crippen LogP contribution < -0.4 is 10.6 Å². The second-order valence-corrected chi connectivity index (χ2v) is 10.4. The Kier molecular flexibility index (Phi) is 6.55. The minimum atomic E-state index is -3.38. The third kappa shape index (κ3) is 5.00. The zero-order chi connectivity index (χ0) is 18.6. The number of thiophene rings is 1. The first-order valence-corrected chi connectivity index (χ1v) is 10.7. The molecule has 0 unspecified atom stereocenters. The number of hydrogen-bond acceptors (Lipinski definition) is 6. The third-order valence-corrected chi connectivity index (χ3v) is 7.88. The molecule has 0 aliphatic heterocycles. The third-order valence-electron chi connectivity index (χ3n) is 3.44. The van der Waals surface area contributed by atoms with Crippen molar-refractivity contribution in [2.45, 2.75) is 31.1 Å². The highest BCUT2D eigenvalue weighted by atomic mass is 32.2. The number of hydrogen-bond donors (Lipinski definition) is 2. The fraction of sp³-hybridized carbons (Fsp3) is 0.467. The van der Waals surface area contributed by atoms with E-state index in [1.807, 2.05) is 19.9 Å². The van der Waals surface area contributed by atoms with E-state index in [2.05, 4.69) is 20.6 Å². The maximum Gasteiger partial charge on any atom is 0.252 e. The van der Waals surface area contributed by atoms with Gasteiger partial charge < -0.3 is 10.6 Å². The summed E-state index contributed by atoms with van der Waals surface area (Å²) in [5.74, 6) is 0.663. The van der Waals surface area contributed by atoms with Crippen molar-refractivity contribution in [2.24, 2.45) is 4.99 Å². The van der Waals surface area contributed by atoms with Crippen LogP contribution in [0.25, 0.3) is 0 Å². The molecule has 0 bridgehead atoms. The number of thiazole rings is 1. The molecule has 2 N–H and O–H groups in total. The van der Waals surface area contributed by atoms with Crippen LogP contribution in [0.2, 0.25) is 0 Å². The number of nitrogens with zero attached hydrogens (tertiary/aromatic N) is 3. The molecular formula is C15H23N5O2S3. The molecular weight excluding hydrogens is 378 g/mol. The predicted molar refractivity (Wildman–Crippen MR) is 104 cm³/mol. The molecule has 0 fully saturated rings. The van der Waals surface area contributed by atoms with Crippen LogP contribution in [0.3, 0.4) is 0 Å². The number of nitrogens with one attached hydrogen (secondary N) is 2. The Bertz CT molecular complexity index is 852. The molecule has 2 rings (SSSR count). The molecule has 7 nitrogen and oxygen atoms in total. The number of rotatable bonds is 6. The van der Waals surface area contributed by atoms with Gasteiger partial charge in [0.2, 0.25) is 0 Å². The van der Waals surface area contributed by atoms with E-state index in [0.717, 1.165) is 15.6 Å². The number of aryl methyl sites for hydroxylation is 2. The topological polar surface area (TPSA) is 86.7 Å². The first-order valence-electron chi connectivity index (χ1n) is 7.62. The fourth-order valence-electron chi connectivity index (χ4n) is 2.06. The largest absolute Gasteiger partial charge is 0.352 e. The summed E-state index contributed by atoms with van der Waals surface area (Å²) in [6, 6.07) is 3.45. The van der Waals surface area contributed by atoms with Gasteiger partial charge in [-0.25, -0.2) is 17.7 Å². The average molecular weight is 402 g/mol. The summed E-state index contributed by atoms with van der Waals surface area (Å²) in [6.45, 7) is 5.15. The van der Waals surface area contributed by atoms with Gasteiger partial charge in [0.15, 0.2) is 5.96 Å². The highest BCUT2D eigenvalue weighted by Gasteiger charge is 2.19. The quantitative estimate of drug-likeness (QED) is 0.571. The molecule has 0 atom stereocenters. The van der Waals surface area contributed by atoms with E-state index in [9.17, 15) is 8.42 Å². The zero-order valence-corrected chi connectivity index (χ0v) is 17.4. The zero-order valence-electron chi connectivity index (χ0n) is 15.0. The highest BCUT2D eigenvalue weighted by Crippen LogP contribution is 2.23. The van der Waals surface area contributed by atoms with E-state index >= 15 is 0 Å². The monoisotopic (exact) mass is 401 g/mol. The number of sulfonamides is 1. The van der Waals surface area contributed by atoms with Gasteiger partial charge in [0, 0.05) is 30.9 Å². The Balaban J connectivity index is 1.93. The molecule has 138 valence electrons. The normalized spacial score (nSPS) is 12.6. The van der Waals surface area contributed by atoms with E-state index in [4.69, 9.17) is 0 Å². The van der Waals surface area contributed by atoms with Crippen molar-refractivity contribution < 1.29 is 8.42 Å². The van der Waals surface area contributed by atoms with Crippen LogP contribution in [0.4, 0.5) is 0 Å². The Morgan fingerprint density at radius 2 is 1.88 bits per heavy atom. The van der Waals surface area contributed by atoms with Crippen LogP contribution in [0, 0.1) is 13.8 Å². The molecule has 0 radical (unpaired) electrons. The van der Waals surface area contributed by atoms with Crippen LogP contribution in [0.5, 0.6) is 0 Å². The molecule has 25 heavy (non-hydrogen) atoms. The lowest BCUT2D eigenvalue weighted by molar-refractivity contribution is 0.523. The van der Waals surface area contributed by atoms with E-state index in [1.54, 1.807) is 24.5 Å². The van der Waals surface area contributed by atoms with E-state index in [0.29, 0.717) is 23.3 Å². The van der Waals surface area contributed by atoms with Gasteiger partial charge >= 0.3 is 0 Å². The lowest BCUT2D eigenvalue weighted by Gasteiger charge is -2.11. The molecule has 0 saturated heterocycles. The summed E-state index contributed by atoms with van der Waals surface area (Å²) in [7, 11) is 1.39. The highest BCUT2D eigenvalue weighted by molar-refractivity contribution is 7.91. The minimum absolute atomic E-state index is 0.341. The summed E-state index contributed by atoms with van der Waals surface area (Å²) in [4.78, 5) is 10.7. The van der Waals surface area contributed by atoms with Crippen LogP contribution in [-0.4, -0.2) is 44.8 Å². The predicted octanol–water partition coefficient (Wildman–Crippen LogP) is 1.94. The van der Waals surface area contributed by atoms with Gasteiger partial charge in [-0.15, -0.1) is 22.7 Å². The van der Waals surface area contributed by atoms with Crippen LogP contribution >= 0.6 is 22.7 Å². The Morgan fingerprint density at radius 3 is 2.44 bits per heavy atom. The van der Waals surface area contributed by atoms with Crippen LogP contribution in [-0.2, 0) is 23.1 Å². The second kappa shape index (κ2) is 8.26. The van der Waals surface area contributed by atoms with Crippen molar-refractivity contribution >= 4 is 38.7 Å². The average Bonchev–Trinajstić information content (AvgIpc) is 3.14. The lowest BCUT2D eigenvalue weighted by atomic mass is 10.4. The van der Waals surface area contributed by atoms with Gasteiger partial charge in [-0.2, -0.15) is 0 Å². The SMILES string of the molecule is CN=C(NCc1ccc(S(=O)(=O)N(C)C)s1)NCc1sc(C)nc1C. The Hall–Kier alpha value is -1.49. The summed E-state index contributed by atoms with van der Waals surface area (Å²) >= 11 is 2.92. The molecule has 0 spiro atoms. The Morgan fingerprint density at radius 1 is 1.20 bits per heavy atom. The van der Waals surface area contributed by atoms with Crippen molar-refractivity contribution in [2.75, 3.05) is 21.1 Å². The van der Waals surface area contributed by atoms with Crippen molar-refractivity contribution in [3.8, 4) is 0 Å². The number of aromatic nitrogens is 1. The molecule has 0 aromatic carbocycles. The van der Waals surface area contributed by atoms with Gasteiger partial charge in [0.05, 0.1) is 23.8 Å². The van der Waals surface area contributed by atoms with Gasteiger partial charge in [0.25, 0.3) is 10.0 Å². The summed E-state index contributed by atoms with van der Waals surface area (Å²) < 4.78 is 25.8. The summed E-state index contributed by atoms with van der Waals surface area (Å²) in [5.41, 5.74) is 1.03. The summed E-state index contributed by atoms with van der Waals surface area (Å²) in [5, 5.41) is 7.50. The van der Waals surface area contributed by atoms with E-state index in [-0.39, 0.29) is 0 Å². The van der Waals surface area contributed by atoms with E-state index in [1.165, 1.54) is 34.6 Å². The van der Waals surface area contributed by atoms with Crippen molar-refractivity contribution in [3.63, 3.8) is 0 Å². The maximum atomic E-state index is 12.1. The first kappa shape index (κ1) is 19.8. The maximum absolute atomic E-state index is 12.1. The van der Waals surface area contributed by atoms with Crippen LogP contribution in [0.1, 0.15) is 20.5 Å².